The zero-order valence-corrected chi connectivity index (χ0v) is 14.2. The lowest BCUT2D eigenvalue weighted by Crippen LogP contribution is -2.42. The highest BCUT2D eigenvalue weighted by Gasteiger charge is 2.24. The summed E-state index contributed by atoms with van der Waals surface area (Å²) in [5.74, 6) is 2.23. The van der Waals surface area contributed by atoms with Gasteiger partial charge in [0.15, 0.2) is 5.75 Å². The molecule has 1 aliphatic heterocycles. The molecule has 0 saturated carbocycles. The molecule has 2 aromatic rings. The van der Waals surface area contributed by atoms with E-state index in [1.54, 1.807) is 25.7 Å². The maximum atomic E-state index is 5.90. The number of nitrogens with zero attached hydrogens (tertiary/aromatic N) is 6. The molecule has 1 fully saturated rings. The van der Waals surface area contributed by atoms with Crippen molar-refractivity contribution in [2.45, 2.75) is 18.9 Å². The summed E-state index contributed by atoms with van der Waals surface area (Å²) in [6.07, 6.45) is 6.97. The number of ether oxygens (including phenoxy) is 2. The summed E-state index contributed by atoms with van der Waals surface area (Å²) < 4.78 is 11.0. The lowest BCUT2D eigenvalue weighted by molar-refractivity contribution is 0.163. The quantitative estimate of drug-likeness (QED) is 0.814. The standard InChI is InChI=1S/C16H22N6O2/c1-21(2)14-6-7-17-15(20-14)22-8-4-5-12(11-22)24-16-18-9-13(23-3)10-19-16/h6-7,9-10,12H,4-5,8,11H2,1-3H3. The molecule has 0 amide bonds. The van der Waals surface area contributed by atoms with Crippen molar-refractivity contribution >= 4 is 11.8 Å². The van der Waals surface area contributed by atoms with E-state index in [9.17, 15) is 0 Å². The minimum absolute atomic E-state index is 0.0127. The molecule has 3 rings (SSSR count). The fourth-order valence-electron chi connectivity index (χ4n) is 2.58. The normalized spacial score (nSPS) is 17.5. The van der Waals surface area contributed by atoms with Gasteiger partial charge in [-0.05, 0) is 18.9 Å². The summed E-state index contributed by atoms with van der Waals surface area (Å²) in [5, 5.41) is 0. The van der Waals surface area contributed by atoms with Crippen LogP contribution in [0.2, 0.25) is 0 Å². The summed E-state index contributed by atoms with van der Waals surface area (Å²) in [4.78, 5) is 21.4. The maximum Gasteiger partial charge on any atom is 0.316 e. The average molecular weight is 330 g/mol. The van der Waals surface area contributed by atoms with Crippen LogP contribution in [0.4, 0.5) is 11.8 Å². The second-order valence-electron chi connectivity index (χ2n) is 5.84. The number of piperidine rings is 1. The number of methoxy groups -OCH3 is 1. The van der Waals surface area contributed by atoms with E-state index in [4.69, 9.17) is 9.47 Å². The minimum atomic E-state index is 0.0127. The molecule has 0 N–H and O–H groups in total. The summed E-state index contributed by atoms with van der Waals surface area (Å²) in [5.41, 5.74) is 0. The first-order valence-corrected chi connectivity index (χ1v) is 7.93. The molecule has 1 unspecified atom stereocenters. The topological polar surface area (TPSA) is 76.5 Å². The molecule has 0 bridgehead atoms. The van der Waals surface area contributed by atoms with Gasteiger partial charge in [-0.15, -0.1) is 0 Å². The van der Waals surface area contributed by atoms with Crippen LogP contribution in [0, 0.1) is 0 Å². The third kappa shape index (κ3) is 3.81. The Hall–Kier alpha value is -2.64. The van der Waals surface area contributed by atoms with Gasteiger partial charge in [-0.1, -0.05) is 0 Å². The van der Waals surface area contributed by atoms with Crippen LogP contribution in [0.3, 0.4) is 0 Å². The van der Waals surface area contributed by atoms with Gasteiger partial charge in [0.05, 0.1) is 26.0 Å². The van der Waals surface area contributed by atoms with Crippen LogP contribution in [0.1, 0.15) is 12.8 Å². The maximum absolute atomic E-state index is 5.90. The lowest BCUT2D eigenvalue weighted by atomic mass is 10.1. The average Bonchev–Trinajstić information content (AvgIpc) is 2.63. The second kappa shape index (κ2) is 7.29. The van der Waals surface area contributed by atoms with Crippen LogP contribution in [0.25, 0.3) is 0 Å². The van der Waals surface area contributed by atoms with Crippen LogP contribution in [0.5, 0.6) is 11.8 Å². The van der Waals surface area contributed by atoms with Gasteiger partial charge in [-0.2, -0.15) is 15.0 Å². The summed E-state index contributed by atoms with van der Waals surface area (Å²) in [7, 11) is 5.52. The van der Waals surface area contributed by atoms with Crippen LogP contribution in [-0.4, -0.2) is 60.3 Å². The van der Waals surface area contributed by atoms with Crippen LogP contribution in [-0.2, 0) is 0 Å². The highest BCUT2D eigenvalue weighted by atomic mass is 16.5. The van der Waals surface area contributed by atoms with Gasteiger partial charge in [0.25, 0.3) is 0 Å². The van der Waals surface area contributed by atoms with E-state index < -0.39 is 0 Å². The molecule has 3 heterocycles. The fraction of sp³-hybridized carbons (Fsp3) is 0.500. The molecule has 1 aliphatic rings. The molecule has 0 spiro atoms. The Balaban J connectivity index is 1.66. The Morgan fingerprint density at radius 3 is 2.71 bits per heavy atom. The molecule has 128 valence electrons. The van der Waals surface area contributed by atoms with Crippen molar-refractivity contribution < 1.29 is 9.47 Å². The van der Waals surface area contributed by atoms with E-state index in [0.29, 0.717) is 18.3 Å². The number of anilines is 2. The molecule has 0 radical (unpaired) electrons. The van der Waals surface area contributed by atoms with Gasteiger partial charge in [0.2, 0.25) is 5.95 Å². The van der Waals surface area contributed by atoms with E-state index in [2.05, 4.69) is 24.8 Å². The first-order valence-electron chi connectivity index (χ1n) is 7.93. The van der Waals surface area contributed by atoms with E-state index in [-0.39, 0.29) is 6.10 Å². The largest absolute Gasteiger partial charge is 0.494 e. The molecule has 1 atom stereocenters. The Bertz CT molecular complexity index is 664. The summed E-state index contributed by atoms with van der Waals surface area (Å²) >= 11 is 0. The number of hydrogen-bond acceptors (Lipinski definition) is 8. The van der Waals surface area contributed by atoms with Crippen molar-refractivity contribution in [1.29, 1.82) is 0 Å². The smallest absolute Gasteiger partial charge is 0.316 e. The predicted octanol–water partition coefficient (Wildman–Crippen LogP) is 1.39. The van der Waals surface area contributed by atoms with Gasteiger partial charge in [-0.25, -0.2) is 4.98 Å². The van der Waals surface area contributed by atoms with Crippen molar-refractivity contribution in [3.8, 4) is 11.8 Å². The fourth-order valence-corrected chi connectivity index (χ4v) is 2.58. The molecular weight excluding hydrogens is 308 g/mol. The van der Waals surface area contributed by atoms with Crippen molar-refractivity contribution in [2.24, 2.45) is 0 Å². The minimum Gasteiger partial charge on any atom is -0.494 e. The highest BCUT2D eigenvalue weighted by molar-refractivity contribution is 5.42. The molecule has 2 aromatic heterocycles. The van der Waals surface area contributed by atoms with E-state index in [1.807, 2.05) is 25.1 Å². The van der Waals surface area contributed by atoms with Crippen molar-refractivity contribution in [2.75, 3.05) is 44.1 Å². The van der Waals surface area contributed by atoms with Crippen LogP contribution in [0.15, 0.2) is 24.7 Å². The Labute approximate surface area is 141 Å². The molecule has 8 nitrogen and oxygen atoms in total. The Kier molecular flexibility index (Phi) is 4.93. The molecular formula is C16H22N6O2. The summed E-state index contributed by atoms with van der Waals surface area (Å²) in [6.45, 7) is 1.63. The zero-order valence-electron chi connectivity index (χ0n) is 14.2. The molecule has 8 heteroatoms. The summed E-state index contributed by atoms with van der Waals surface area (Å²) in [6, 6.07) is 2.26. The number of hydrogen-bond donors (Lipinski definition) is 0. The van der Waals surface area contributed by atoms with E-state index in [0.717, 1.165) is 31.2 Å². The van der Waals surface area contributed by atoms with E-state index >= 15 is 0 Å². The third-order valence-corrected chi connectivity index (χ3v) is 3.86. The van der Waals surface area contributed by atoms with Gasteiger partial charge in [-0.3, -0.25) is 0 Å². The second-order valence-corrected chi connectivity index (χ2v) is 5.84. The van der Waals surface area contributed by atoms with Gasteiger partial charge >= 0.3 is 6.01 Å². The monoisotopic (exact) mass is 330 g/mol. The number of rotatable bonds is 5. The first kappa shape index (κ1) is 16.2. The van der Waals surface area contributed by atoms with Gasteiger partial charge in [0.1, 0.15) is 11.9 Å². The SMILES string of the molecule is COc1cnc(OC2CCCN(c3nccc(N(C)C)n3)C2)nc1. The van der Waals surface area contributed by atoms with Gasteiger partial charge < -0.3 is 19.3 Å². The zero-order chi connectivity index (χ0) is 16.9. The predicted molar refractivity (Wildman–Crippen MR) is 90.8 cm³/mol. The van der Waals surface area contributed by atoms with Crippen molar-refractivity contribution in [3.05, 3.63) is 24.7 Å². The number of aromatic nitrogens is 4. The lowest BCUT2D eigenvalue weighted by Gasteiger charge is -2.32. The first-order chi connectivity index (χ1) is 11.7. The molecule has 0 aromatic carbocycles. The highest BCUT2D eigenvalue weighted by Crippen LogP contribution is 2.21. The third-order valence-electron chi connectivity index (χ3n) is 3.86. The van der Waals surface area contributed by atoms with Gasteiger partial charge in [0, 0.05) is 26.8 Å². The molecule has 24 heavy (non-hydrogen) atoms. The Morgan fingerprint density at radius 2 is 2.00 bits per heavy atom. The van der Waals surface area contributed by atoms with Crippen LogP contribution < -0.4 is 19.3 Å². The van der Waals surface area contributed by atoms with E-state index in [1.165, 1.54) is 0 Å². The molecule has 0 aliphatic carbocycles. The van der Waals surface area contributed by atoms with Crippen LogP contribution >= 0.6 is 0 Å². The van der Waals surface area contributed by atoms with Crippen molar-refractivity contribution in [3.63, 3.8) is 0 Å². The Morgan fingerprint density at radius 1 is 1.21 bits per heavy atom. The van der Waals surface area contributed by atoms with Crippen molar-refractivity contribution in [1.82, 2.24) is 19.9 Å². The molecule has 1 saturated heterocycles.